The number of hydrogen-bond donors (Lipinski definition) is 0. The monoisotopic (exact) mass is 222 g/mol. The zero-order valence-corrected chi connectivity index (χ0v) is 9.70. The van der Waals surface area contributed by atoms with E-state index in [1.165, 1.54) is 11.1 Å². The second-order valence-electron chi connectivity index (χ2n) is 4.44. The first-order chi connectivity index (χ1) is 7.76. The summed E-state index contributed by atoms with van der Waals surface area (Å²) in [5, 5.41) is 0. The van der Waals surface area contributed by atoms with Crippen molar-refractivity contribution in [2.24, 2.45) is 0 Å². The van der Waals surface area contributed by atoms with Crippen LogP contribution < -0.4 is 0 Å². The third-order valence-corrected chi connectivity index (χ3v) is 3.34. The highest BCUT2D eigenvalue weighted by molar-refractivity contribution is 5.64. The van der Waals surface area contributed by atoms with Crippen LogP contribution in [0.3, 0.4) is 0 Å². The summed E-state index contributed by atoms with van der Waals surface area (Å²) < 4.78 is 11.4. The maximum Gasteiger partial charge on any atom is 0.172 e. The number of ether oxygens (including phenoxy) is 2. The summed E-state index contributed by atoms with van der Waals surface area (Å²) in [6.07, 6.45) is 8.00. The molecule has 0 bridgehead atoms. The lowest BCUT2D eigenvalue weighted by Gasteiger charge is -2.33. The lowest BCUT2D eigenvalue weighted by atomic mass is 9.86. The summed E-state index contributed by atoms with van der Waals surface area (Å²) in [6, 6.07) is 0. The summed E-state index contributed by atoms with van der Waals surface area (Å²) in [4.78, 5) is 10.2. The average Bonchev–Trinajstić information content (AvgIpc) is 2.70. The number of allylic oxidation sites excluding steroid dienone is 3. The molecule has 0 amide bonds. The van der Waals surface area contributed by atoms with E-state index >= 15 is 0 Å². The van der Waals surface area contributed by atoms with Gasteiger partial charge in [-0.1, -0.05) is 17.2 Å². The molecule has 0 aromatic heterocycles. The molecule has 16 heavy (non-hydrogen) atoms. The van der Waals surface area contributed by atoms with E-state index in [0.717, 1.165) is 32.0 Å². The van der Waals surface area contributed by atoms with Gasteiger partial charge in [0.2, 0.25) is 0 Å². The van der Waals surface area contributed by atoms with Crippen LogP contribution >= 0.6 is 0 Å². The number of hydrogen-bond acceptors (Lipinski definition) is 3. The van der Waals surface area contributed by atoms with E-state index in [-0.39, 0.29) is 5.79 Å². The molecule has 1 heterocycles. The van der Waals surface area contributed by atoms with Gasteiger partial charge in [0, 0.05) is 12.8 Å². The number of rotatable bonds is 3. The van der Waals surface area contributed by atoms with Crippen molar-refractivity contribution in [2.75, 3.05) is 13.2 Å². The van der Waals surface area contributed by atoms with Crippen LogP contribution in [0.2, 0.25) is 0 Å². The highest BCUT2D eigenvalue weighted by atomic mass is 16.7. The Morgan fingerprint density at radius 1 is 1.38 bits per heavy atom. The molecular weight excluding hydrogens is 204 g/mol. The number of carbonyl (C=O) groups excluding carboxylic acids is 1. The maximum atomic E-state index is 10.2. The predicted octanol–water partition coefficient (Wildman–Crippen LogP) is 2.38. The molecule has 1 aliphatic carbocycles. The van der Waals surface area contributed by atoms with Crippen LogP contribution in [0, 0.1) is 0 Å². The van der Waals surface area contributed by atoms with Crippen molar-refractivity contribution in [1.82, 2.24) is 0 Å². The smallest absolute Gasteiger partial charge is 0.172 e. The van der Waals surface area contributed by atoms with Gasteiger partial charge in [-0.25, -0.2) is 0 Å². The molecule has 0 saturated carbocycles. The third kappa shape index (κ3) is 2.42. The Labute approximate surface area is 96.1 Å². The summed E-state index contributed by atoms with van der Waals surface area (Å²) in [7, 11) is 0. The predicted molar refractivity (Wildman–Crippen MR) is 61.0 cm³/mol. The first-order valence-electron chi connectivity index (χ1n) is 5.81. The topological polar surface area (TPSA) is 35.5 Å². The van der Waals surface area contributed by atoms with E-state index in [0.29, 0.717) is 13.2 Å². The van der Waals surface area contributed by atoms with Crippen LogP contribution in [0.1, 0.15) is 32.6 Å². The van der Waals surface area contributed by atoms with E-state index in [4.69, 9.17) is 9.47 Å². The van der Waals surface area contributed by atoms with E-state index in [1.807, 2.05) is 6.08 Å². The lowest BCUT2D eigenvalue weighted by Crippen LogP contribution is -2.33. The molecule has 1 aliphatic heterocycles. The van der Waals surface area contributed by atoms with Crippen molar-refractivity contribution in [3.8, 4) is 0 Å². The minimum atomic E-state index is -0.331. The van der Waals surface area contributed by atoms with Crippen LogP contribution in [0.5, 0.6) is 0 Å². The zero-order chi connectivity index (χ0) is 11.4. The second-order valence-corrected chi connectivity index (χ2v) is 4.44. The third-order valence-electron chi connectivity index (χ3n) is 3.34. The Balaban J connectivity index is 2.00. The fraction of sp³-hybridized carbons (Fsp3) is 0.615. The molecule has 0 N–H and O–H groups in total. The lowest BCUT2D eigenvalue weighted by molar-refractivity contribution is -0.163. The van der Waals surface area contributed by atoms with Gasteiger partial charge in [-0.05, 0) is 25.8 Å². The first-order valence-corrected chi connectivity index (χ1v) is 5.81. The van der Waals surface area contributed by atoms with E-state index in [9.17, 15) is 4.79 Å². The van der Waals surface area contributed by atoms with Crippen LogP contribution in [0.15, 0.2) is 23.3 Å². The Hall–Kier alpha value is -0.930. The fourth-order valence-electron chi connectivity index (χ4n) is 2.46. The Morgan fingerprint density at radius 2 is 2.12 bits per heavy atom. The van der Waals surface area contributed by atoms with Crippen molar-refractivity contribution < 1.29 is 14.3 Å². The van der Waals surface area contributed by atoms with Crippen molar-refractivity contribution in [1.29, 1.82) is 0 Å². The molecule has 88 valence electrons. The zero-order valence-electron chi connectivity index (χ0n) is 9.70. The largest absolute Gasteiger partial charge is 0.347 e. The second kappa shape index (κ2) is 4.93. The summed E-state index contributed by atoms with van der Waals surface area (Å²) in [5.41, 5.74) is 2.77. The summed E-state index contributed by atoms with van der Waals surface area (Å²) in [5.74, 6) is -0.331. The molecule has 1 fully saturated rings. The Kier molecular flexibility index (Phi) is 3.56. The number of aldehydes is 1. The molecule has 0 aromatic rings. The molecule has 1 saturated heterocycles. The van der Waals surface area contributed by atoms with Crippen LogP contribution in [-0.2, 0) is 14.3 Å². The standard InChI is InChI=1S/C13H18O3/c1-11-10-13(15-8-9-16-13)6-5-12(11)4-2-3-7-14/h2-3,7H,4-6,8-10H2,1H3/b3-2+. The summed E-state index contributed by atoms with van der Waals surface area (Å²) in [6.45, 7) is 3.57. The van der Waals surface area contributed by atoms with Crippen LogP contribution in [0.25, 0.3) is 0 Å². The van der Waals surface area contributed by atoms with Gasteiger partial charge in [-0.15, -0.1) is 0 Å². The van der Waals surface area contributed by atoms with Gasteiger partial charge in [-0.2, -0.15) is 0 Å². The van der Waals surface area contributed by atoms with Gasteiger partial charge in [0.05, 0.1) is 13.2 Å². The van der Waals surface area contributed by atoms with E-state index < -0.39 is 0 Å². The highest BCUT2D eigenvalue weighted by Gasteiger charge is 2.39. The van der Waals surface area contributed by atoms with Gasteiger partial charge in [0.25, 0.3) is 0 Å². The Morgan fingerprint density at radius 3 is 2.75 bits per heavy atom. The van der Waals surface area contributed by atoms with Crippen LogP contribution in [-0.4, -0.2) is 25.3 Å². The first kappa shape index (κ1) is 11.6. The average molecular weight is 222 g/mol. The molecule has 3 heteroatoms. The van der Waals surface area contributed by atoms with Gasteiger partial charge in [0.1, 0.15) is 6.29 Å². The maximum absolute atomic E-state index is 10.2. The van der Waals surface area contributed by atoms with Crippen LogP contribution in [0.4, 0.5) is 0 Å². The Bertz CT molecular complexity index is 322. The number of carbonyl (C=O) groups is 1. The normalized spacial score (nSPS) is 24.6. The minimum absolute atomic E-state index is 0.331. The van der Waals surface area contributed by atoms with E-state index in [1.54, 1.807) is 6.08 Å². The van der Waals surface area contributed by atoms with Crippen molar-refractivity contribution in [3.63, 3.8) is 0 Å². The van der Waals surface area contributed by atoms with Crippen molar-refractivity contribution >= 4 is 6.29 Å². The fourth-order valence-corrected chi connectivity index (χ4v) is 2.46. The van der Waals surface area contributed by atoms with Gasteiger partial charge in [-0.3, -0.25) is 4.79 Å². The molecule has 1 spiro atoms. The molecule has 3 nitrogen and oxygen atoms in total. The van der Waals surface area contributed by atoms with Crippen molar-refractivity contribution in [3.05, 3.63) is 23.3 Å². The molecule has 2 rings (SSSR count). The SMILES string of the molecule is CC1=C(C/C=C/C=O)CCC2(C1)OCCO2. The minimum Gasteiger partial charge on any atom is -0.347 e. The molecule has 0 radical (unpaired) electrons. The van der Waals surface area contributed by atoms with Gasteiger partial charge < -0.3 is 9.47 Å². The summed E-state index contributed by atoms with van der Waals surface area (Å²) >= 11 is 0. The molecule has 0 unspecified atom stereocenters. The molecular formula is C13H18O3. The molecule has 2 aliphatic rings. The van der Waals surface area contributed by atoms with E-state index in [2.05, 4.69) is 6.92 Å². The quantitative estimate of drug-likeness (QED) is 0.418. The van der Waals surface area contributed by atoms with Gasteiger partial charge in [0.15, 0.2) is 5.79 Å². The van der Waals surface area contributed by atoms with Crippen molar-refractivity contribution in [2.45, 2.75) is 38.4 Å². The molecule has 0 aromatic carbocycles. The van der Waals surface area contributed by atoms with Gasteiger partial charge >= 0.3 is 0 Å². The molecule has 0 atom stereocenters. The highest BCUT2D eigenvalue weighted by Crippen LogP contribution is 2.39.